The van der Waals surface area contributed by atoms with Gasteiger partial charge in [0.15, 0.2) is 0 Å². The molecule has 0 bridgehead atoms. The van der Waals surface area contributed by atoms with Crippen LogP contribution in [0.25, 0.3) is 0 Å². The molecular weight excluding hydrogens is 454 g/mol. The third-order valence-corrected chi connectivity index (χ3v) is 14.2. The molecule has 0 heterocycles. The van der Waals surface area contributed by atoms with Gasteiger partial charge in [0.05, 0.1) is 5.92 Å². The van der Waals surface area contributed by atoms with Gasteiger partial charge in [0.25, 0.3) is 0 Å². The summed E-state index contributed by atoms with van der Waals surface area (Å²) in [5.74, 6) is 3.17. The van der Waals surface area contributed by atoms with E-state index in [1.165, 1.54) is 69.8 Å². The van der Waals surface area contributed by atoms with Crippen molar-refractivity contribution < 1.29 is 9.90 Å². The Morgan fingerprint density at radius 3 is 2.46 bits per heavy atom. The van der Waals surface area contributed by atoms with Crippen LogP contribution in [0.1, 0.15) is 118 Å². The minimum Gasteiger partial charge on any atom is -0.481 e. The van der Waals surface area contributed by atoms with Crippen LogP contribution in [0.15, 0.2) is 23.3 Å². The Balaban J connectivity index is 1.28. The topological polar surface area (TPSA) is 49.3 Å². The second-order valence-electron chi connectivity index (χ2n) is 15.1. The molecule has 4 fully saturated rings. The molecule has 6 aliphatic carbocycles. The standard InChI is InChI=1S/C34H53NO2/c1-6-35-34-17-7-8-28(34)27-13-14-29-31(3)18-15-25(23-9-11-24(12-10-23)30(36)37)22(2)26(31)16-19-33(29,5)32(27,4)20-21-34/h9,15,22,24,26-29,35H,6-8,10-14,16-21H2,1-5H3,(H,36,37)/t22?,24-,26?,27?,28?,29?,31?,32+,33?,34-/m0/s1. The van der Waals surface area contributed by atoms with Gasteiger partial charge >= 0.3 is 5.97 Å². The Kier molecular flexibility index (Phi) is 6.34. The van der Waals surface area contributed by atoms with Gasteiger partial charge in [0.1, 0.15) is 0 Å². The zero-order valence-electron chi connectivity index (χ0n) is 24.4. The van der Waals surface area contributed by atoms with E-state index in [9.17, 15) is 9.90 Å². The zero-order valence-corrected chi connectivity index (χ0v) is 24.4. The number of rotatable bonds is 4. The molecule has 3 heteroatoms. The monoisotopic (exact) mass is 507 g/mol. The number of hydrogen-bond acceptors (Lipinski definition) is 2. The van der Waals surface area contributed by atoms with Crippen LogP contribution in [0.4, 0.5) is 0 Å². The van der Waals surface area contributed by atoms with Crippen LogP contribution in [0, 0.1) is 51.8 Å². The molecule has 6 rings (SSSR count). The minimum atomic E-state index is -0.618. The first-order chi connectivity index (χ1) is 17.6. The van der Waals surface area contributed by atoms with E-state index in [0.717, 1.165) is 43.1 Å². The fourth-order valence-corrected chi connectivity index (χ4v) is 12.2. The molecule has 0 amide bonds. The Morgan fingerprint density at radius 1 is 0.946 bits per heavy atom. The first-order valence-corrected chi connectivity index (χ1v) is 16.0. The van der Waals surface area contributed by atoms with Crippen molar-refractivity contribution in [1.29, 1.82) is 0 Å². The number of carboxylic acid groups (broad SMARTS) is 1. The van der Waals surface area contributed by atoms with Gasteiger partial charge in [-0.1, -0.05) is 53.2 Å². The summed E-state index contributed by atoms with van der Waals surface area (Å²) < 4.78 is 0. The van der Waals surface area contributed by atoms with Crippen LogP contribution < -0.4 is 5.32 Å². The molecule has 37 heavy (non-hydrogen) atoms. The molecule has 206 valence electrons. The van der Waals surface area contributed by atoms with Crippen LogP contribution >= 0.6 is 0 Å². The van der Waals surface area contributed by atoms with Crippen LogP contribution in [0.3, 0.4) is 0 Å². The molecule has 0 aromatic heterocycles. The maximum absolute atomic E-state index is 11.5. The molecule has 2 N–H and O–H groups in total. The van der Waals surface area contributed by atoms with Crippen molar-refractivity contribution in [3.05, 3.63) is 23.3 Å². The molecule has 7 unspecified atom stereocenters. The number of carbonyl (C=O) groups is 1. The maximum atomic E-state index is 11.5. The highest BCUT2D eigenvalue weighted by atomic mass is 16.4. The van der Waals surface area contributed by atoms with E-state index in [2.05, 4.69) is 52.1 Å². The second-order valence-corrected chi connectivity index (χ2v) is 15.1. The lowest BCUT2D eigenvalue weighted by molar-refractivity contribution is -0.212. The van der Waals surface area contributed by atoms with Gasteiger partial charge in [-0.25, -0.2) is 0 Å². The third kappa shape index (κ3) is 3.57. The lowest BCUT2D eigenvalue weighted by Crippen LogP contribution is -2.66. The van der Waals surface area contributed by atoms with Crippen molar-refractivity contribution in [3.8, 4) is 0 Å². The second kappa shape index (κ2) is 8.97. The number of carboxylic acids is 1. The van der Waals surface area contributed by atoms with Gasteiger partial charge in [-0.05, 0) is 141 Å². The smallest absolute Gasteiger partial charge is 0.306 e. The van der Waals surface area contributed by atoms with Crippen molar-refractivity contribution >= 4 is 5.97 Å². The fraction of sp³-hybridized carbons (Fsp3) is 0.853. The zero-order chi connectivity index (χ0) is 26.2. The maximum Gasteiger partial charge on any atom is 0.306 e. The van der Waals surface area contributed by atoms with E-state index < -0.39 is 5.97 Å². The highest BCUT2D eigenvalue weighted by Gasteiger charge is 2.68. The summed E-state index contributed by atoms with van der Waals surface area (Å²) in [6, 6.07) is 0. The van der Waals surface area contributed by atoms with Crippen molar-refractivity contribution in [2.45, 2.75) is 124 Å². The molecule has 3 nitrogen and oxygen atoms in total. The summed E-state index contributed by atoms with van der Waals surface area (Å²) in [6.07, 6.45) is 21.4. The summed E-state index contributed by atoms with van der Waals surface area (Å²) in [4.78, 5) is 11.5. The lowest BCUT2D eigenvalue weighted by Gasteiger charge is -2.71. The quantitative estimate of drug-likeness (QED) is 0.403. The van der Waals surface area contributed by atoms with Gasteiger partial charge in [-0.3, -0.25) is 4.79 Å². The van der Waals surface area contributed by atoms with Crippen LogP contribution in [-0.2, 0) is 4.79 Å². The number of allylic oxidation sites excluding steroid dienone is 4. The van der Waals surface area contributed by atoms with Gasteiger partial charge in [0.2, 0.25) is 0 Å². The summed E-state index contributed by atoms with van der Waals surface area (Å²) >= 11 is 0. The van der Waals surface area contributed by atoms with E-state index in [4.69, 9.17) is 0 Å². The Bertz CT molecular complexity index is 998. The van der Waals surface area contributed by atoms with Crippen molar-refractivity contribution in [2.75, 3.05) is 6.54 Å². The third-order valence-electron chi connectivity index (χ3n) is 14.2. The van der Waals surface area contributed by atoms with Crippen molar-refractivity contribution in [2.24, 2.45) is 51.8 Å². The molecule has 10 atom stereocenters. The van der Waals surface area contributed by atoms with Gasteiger partial charge in [0, 0.05) is 5.54 Å². The molecular formula is C34H53NO2. The number of nitrogens with one attached hydrogen (secondary N) is 1. The number of aliphatic carboxylic acids is 1. The Labute approximate surface area is 226 Å². The van der Waals surface area contributed by atoms with E-state index in [1.807, 2.05) is 0 Å². The molecule has 0 saturated heterocycles. The average molecular weight is 508 g/mol. The normalized spacial score (nSPS) is 51.2. The summed E-state index contributed by atoms with van der Waals surface area (Å²) in [7, 11) is 0. The summed E-state index contributed by atoms with van der Waals surface area (Å²) in [6.45, 7) is 14.1. The fourth-order valence-electron chi connectivity index (χ4n) is 12.2. The molecule has 4 saturated carbocycles. The van der Waals surface area contributed by atoms with Crippen LogP contribution in [0.2, 0.25) is 0 Å². The SMILES string of the molecule is CCN[C@]12CCCC1C1CCC3C4(C)CC=C(C5=CC[C@H](C(=O)O)CC5)C(C)C4CCC3(C)[C@]1(C)CC2. The molecule has 0 aliphatic heterocycles. The largest absolute Gasteiger partial charge is 0.481 e. The highest BCUT2D eigenvalue weighted by Crippen LogP contribution is 2.75. The highest BCUT2D eigenvalue weighted by molar-refractivity contribution is 5.70. The van der Waals surface area contributed by atoms with E-state index in [-0.39, 0.29) is 5.92 Å². The Hall–Kier alpha value is -1.09. The summed E-state index contributed by atoms with van der Waals surface area (Å²) in [5.41, 5.74) is 4.81. The van der Waals surface area contributed by atoms with E-state index >= 15 is 0 Å². The van der Waals surface area contributed by atoms with Crippen LogP contribution in [0.5, 0.6) is 0 Å². The molecule has 0 radical (unpaired) electrons. The van der Waals surface area contributed by atoms with Gasteiger partial charge in [-0.15, -0.1) is 0 Å². The molecule has 6 aliphatic rings. The van der Waals surface area contributed by atoms with E-state index in [1.54, 1.807) is 5.57 Å². The molecule has 0 aromatic carbocycles. The first kappa shape index (κ1) is 26.1. The molecule has 0 aromatic rings. The lowest BCUT2D eigenvalue weighted by atomic mass is 9.34. The van der Waals surface area contributed by atoms with Crippen LogP contribution in [-0.4, -0.2) is 23.2 Å². The molecule has 0 spiro atoms. The van der Waals surface area contributed by atoms with Gasteiger partial charge in [-0.2, -0.15) is 0 Å². The average Bonchev–Trinajstić information content (AvgIpc) is 3.29. The number of fused-ring (bicyclic) bond motifs is 7. The van der Waals surface area contributed by atoms with Crippen molar-refractivity contribution in [3.63, 3.8) is 0 Å². The predicted octanol–water partition coefficient (Wildman–Crippen LogP) is 8.16. The Morgan fingerprint density at radius 2 is 1.76 bits per heavy atom. The van der Waals surface area contributed by atoms with Gasteiger partial charge < -0.3 is 10.4 Å². The van der Waals surface area contributed by atoms with Crippen molar-refractivity contribution in [1.82, 2.24) is 5.32 Å². The minimum absolute atomic E-state index is 0.179. The van der Waals surface area contributed by atoms with E-state index in [0.29, 0.717) is 34.1 Å². The summed E-state index contributed by atoms with van der Waals surface area (Å²) in [5, 5.41) is 13.5. The number of hydrogen-bond donors (Lipinski definition) is 2. The first-order valence-electron chi connectivity index (χ1n) is 16.0. The predicted molar refractivity (Wildman–Crippen MR) is 151 cm³/mol.